The molecular weight excluding hydrogens is 198 g/mol. The zero-order chi connectivity index (χ0) is 12.4. The molecule has 0 aliphatic rings. The van der Waals surface area contributed by atoms with Gasteiger partial charge in [-0.1, -0.05) is 33.6 Å². The van der Waals surface area contributed by atoms with Crippen LogP contribution in [0.5, 0.6) is 0 Å². The minimum absolute atomic E-state index is 0.331. The van der Waals surface area contributed by atoms with Crippen LogP contribution in [0.4, 0.5) is 0 Å². The first-order valence-corrected chi connectivity index (χ1v) is 7.04. The van der Waals surface area contributed by atoms with Crippen molar-refractivity contribution in [3.8, 4) is 0 Å². The number of rotatable bonds is 10. The molecule has 98 valence electrons. The van der Waals surface area contributed by atoms with Crippen molar-refractivity contribution < 1.29 is 4.74 Å². The van der Waals surface area contributed by atoms with Crippen LogP contribution in [0.1, 0.15) is 60.3 Å². The lowest BCUT2D eigenvalue weighted by molar-refractivity contribution is 0.0401. The zero-order valence-corrected chi connectivity index (χ0v) is 11.9. The highest BCUT2D eigenvalue weighted by atomic mass is 16.5. The number of hydrogen-bond acceptors (Lipinski definition) is 2. The Morgan fingerprint density at radius 3 is 2.12 bits per heavy atom. The lowest BCUT2D eigenvalue weighted by Crippen LogP contribution is -2.41. The van der Waals surface area contributed by atoms with Crippen molar-refractivity contribution in [2.75, 3.05) is 13.2 Å². The third-order valence-electron chi connectivity index (χ3n) is 3.39. The van der Waals surface area contributed by atoms with E-state index in [2.05, 4.69) is 39.9 Å². The minimum atomic E-state index is 0.331. The maximum Gasteiger partial charge on any atom is 0.0699 e. The van der Waals surface area contributed by atoms with Gasteiger partial charge in [-0.25, -0.2) is 0 Å². The summed E-state index contributed by atoms with van der Waals surface area (Å²) in [5.74, 6) is 0.831. The Bertz CT molecular complexity index is 146. The number of nitrogens with one attached hydrogen (secondary N) is 1. The minimum Gasteiger partial charge on any atom is -0.377 e. The Hall–Kier alpha value is -0.0800. The summed E-state index contributed by atoms with van der Waals surface area (Å²) in [7, 11) is 0. The SMILES string of the molecule is CCCNC(CC(CC)CC)C(C)OCC. The summed E-state index contributed by atoms with van der Waals surface area (Å²) in [6.07, 6.45) is 5.32. The van der Waals surface area contributed by atoms with Gasteiger partial charge in [0.1, 0.15) is 0 Å². The van der Waals surface area contributed by atoms with Gasteiger partial charge < -0.3 is 10.1 Å². The summed E-state index contributed by atoms with van der Waals surface area (Å²) in [6.45, 7) is 13.0. The first kappa shape index (κ1) is 15.9. The molecule has 0 fully saturated rings. The fourth-order valence-corrected chi connectivity index (χ4v) is 2.13. The fourth-order valence-electron chi connectivity index (χ4n) is 2.13. The summed E-state index contributed by atoms with van der Waals surface area (Å²) < 4.78 is 5.73. The van der Waals surface area contributed by atoms with E-state index in [0.29, 0.717) is 12.1 Å². The Labute approximate surface area is 102 Å². The average Bonchev–Trinajstić information content (AvgIpc) is 2.30. The molecule has 0 aromatic heterocycles. The molecule has 2 unspecified atom stereocenters. The Morgan fingerprint density at radius 1 is 1.06 bits per heavy atom. The van der Waals surface area contributed by atoms with Crippen molar-refractivity contribution in [1.29, 1.82) is 0 Å². The van der Waals surface area contributed by atoms with Crippen LogP contribution in [0.3, 0.4) is 0 Å². The molecule has 0 saturated heterocycles. The molecule has 2 atom stereocenters. The third kappa shape index (κ3) is 6.49. The van der Waals surface area contributed by atoms with E-state index in [1.807, 2.05) is 0 Å². The molecule has 0 aromatic rings. The van der Waals surface area contributed by atoms with Gasteiger partial charge in [0.2, 0.25) is 0 Å². The standard InChI is InChI=1S/C14H31NO/c1-6-10-15-14(12(5)16-9-4)11-13(7-2)8-3/h12-15H,6-11H2,1-5H3. The van der Waals surface area contributed by atoms with Gasteiger partial charge in [-0.2, -0.15) is 0 Å². The van der Waals surface area contributed by atoms with E-state index in [-0.39, 0.29) is 0 Å². The molecular formula is C14H31NO. The van der Waals surface area contributed by atoms with Crippen molar-refractivity contribution in [3.05, 3.63) is 0 Å². The van der Waals surface area contributed by atoms with Crippen LogP contribution in [0, 0.1) is 5.92 Å². The Balaban J connectivity index is 4.16. The number of ether oxygens (including phenoxy) is 1. The van der Waals surface area contributed by atoms with E-state index < -0.39 is 0 Å². The van der Waals surface area contributed by atoms with Gasteiger partial charge in [-0.05, 0) is 39.2 Å². The monoisotopic (exact) mass is 229 g/mol. The molecule has 0 amide bonds. The maximum atomic E-state index is 5.73. The molecule has 0 saturated carbocycles. The highest BCUT2D eigenvalue weighted by Crippen LogP contribution is 2.18. The van der Waals surface area contributed by atoms with Gasteiger partial charge in [-0.3, -0.25) is 0 Å². The van der Waals surface area contributed by atoms with E-state index in [1.165, 1.54) is 25.7 Å². The van der Waals surface area contributed by atoms with Gasteiger partial charge in [0.25, 0.3) is 0 Å². The molecule has 0 aromatic carbocycles. The largest absolute Gasteiger partial charge is 0.377 e. The van der Waals surface area contributed by atoms with Gasteiger partial charge in [-0.15, -0.1) is 0 Å². The van der Waals surface area contributed by atoms with Crippen LogP contribution in [-0.4, -0.2) is 25.3 Å². The van der Waals surface area contributed by atoms with Crippen LogP contribution in [0.15, 0.2) is 0 Å². The van der Waals surface area contributed by atoms with Gasteiger partial charge >= 0.3 is 0 Å². The molecule has 16 heavy (non-hydrogen) atoms. The quantitative estimate of drug-likeness (QED) is 0.618. The fraction of sp³-hybridized carbons (Fsp3) is 1.00. The zero-order valence-electron chi connectivity index (χ0n) is 11.9. The van der Waals surface area contributed by atoms with Crippen LogP contribution in [-0.2, 0) is 4.74 Å². The Kier molecular flexibility index (Phi) is 10.0. The molecule has 0 bridgehead atoms. The predicted molar refractivity (Wildman–Crippen MR) is 71.9 cm³/mol. The molecule has 1 N–H and O–H groups in total. The lowest BCUT2D eigenvalue weighted by Gasteiger charge is -2.28. The summed E-state index contributed by atoms with van der Waals surface area (Å²) >= 11 is 0. The van der Waals surface area contributed by atoms with Crippen molar-refractivity contribution in [2.45, 2.75) is 72.4 Å². The number of hydrogen-bond donors (Lipinski definition) is 1. The van der Waals surface area contributed by atoms with Crippen molar-refractivity contribution in [3.63, 3.8) is 0 Å². The first-order chi connectivity index (χ1) is 7.69. The van der Waals surface area contributed by atoms with Crippen LogP contribution in [0.2, 0.25) is 0 Å². The average molecular weight is 229 g/mol. The molecule has 0 heterocycles. The molecule has 0 radical (unpaired) electrons. The van der Waals surface area contributed by atoms with Gasteiger partial charge in [0.15, 0.2) is 0 Å². The van der Waals surface area contributed by atoms with E-state index in [0.717, 1.165) is 19.1 Å². The summed E-state index contributed by atoms with van der Waals surface area (Å²) in [5, 5.41) is 3.63. The summed E-state index contributed by atoms with van der Waals surface area (Å²) in [5.41, 5.74) is 0. The molecule has 2 nitrogen and oxygen atoms in total. The molecule has 0 rings (SSSR count). The lowest BCUT2D eigenvalue weighted by atomic mass is 9.92. The first-order valence-electron chi connectivity index (χ1n) is 7.04. The highest BCUT2D eigenvalue weighted by Gasteiger charge is 2.19. The van der Waals surface area contributed by atoms with E-state index in [9.17, 15) is 0 Å². The molecule has 0 spiro atoms. The second-order valence-electron chi connectivity index (χ2n) is 4.64. The second kappa shape index (κ2) is 10.1. The molecule has 2 heteroatoms. The van der Waals surface area contributed by atoms with E-state index in [1.54, 1.807) is 0 Å². The van der Waals surface area contributed by atoms with Crippen molar-refractivity contribution in [2.24, 2.45) is 5.92 Å². The van der Waals surface area contributed by atoms with Crippen LogP contribution < -0.4 is 5.32 Å². The van der Waals surface area contributed by atoms with E-state index in [4.69, 9.17) is 4.74 Å². The van der Waals surface area contributed by atoms with Crippen molar-refractivity contribution in [1.82, 2.24) is 5.32 Å². The van der Waals surface area contributed by atoms with Crippen LogP contribution >= 0.6 is 0 Å². The van der Waals surface area contributed by atoms with E-state index >= 15 is 0 Å². The highest BCUT2D eigenvalue weighted by molar-refractivity contribution is 4.76. The summed E-state index contributed by atoms with van der Waals surface area (Å²) in [4.78, 5) is 0. The molecule has 0 aliphatic carbocycles. The van der Waals surface area contributed by atoms with Gasteiger partial charge in [0.05, 0.1) is 6.10 Å². The van der Waals surface area contributed by atoms with Crippen LogP contribution in [0.25, 0.3) is 0 Å². The third-order valence-corrected chi connectivity index (χ3v) is 3.39. The van der Waals surface area contributed by atoms with Gasteiger partial charge in [0, 0.05) is 12.6 Å². The Morgan fingerprint density at radius 2 is 1.69 bits per heavy atom. The predicted octanol–water partition coefficient (Wildman–Crippen LogP) is 3.61. The van der Waals surface area contributed by atoms with Crippen molar-refractivity contribution >= 4 is 0 Å². The smallest absolute Gasteiger partial charge is 0.0699 e. The normalized spacial score (nSPS) is 15.4. The summed E-state index contributed by atoms with van der Waals surface area (Å²) in [6, 6.07) is 0.518. The topological polar surface area (TPSA) is 21.3 Å². The molecule has 0 aliphatic heterocycles. The second-order valence-corrected chi connectivity index (χ2v) is 4.64. The maximum absolute atomic E-state index is 5.73.